The fraction of sp³-hybridized carbons (Fsp3) is 0.391. The Bertz CT molecular complexity index is 1040. The van der Waals surface area contributed by atoms with Gasteiger partial charge in [-0.15, -0.1) is 0 Å². The maximum atomic E-state index is 13.2. The second-order valence-electron chi connectivity index (χ2n) is 7.72. The van der Waals surface area contributed by atoms with Crippen molar-refractivity contribution in [3.05, 3.63) is 70.1 Å². The van der Waals surface area contributed by atoms with Crippen LogP contribution in [0.3, 0.4) is 0 Å². The number of nitrogens with one attached hydrogen (secondary N) is 1. The third kappa shape index (κ3) is 4.33. The summed E-state index contributed by atoms with van der Waals surface area (Å²) in [7, 11) is 3.64. The number of fused-ring (bicyclic) bond motifs is 1. The van der Waals surface area contributed by atoms with Gasteiger partial charge in [0.05, 0.1) is 12.6 Å². The van der Waals surface area contributed by atoms with Crippen LogP contribution in [0.4, 0.5) is 0 Å². The van der Waals surface area contributed by atoms with Crippen LogP contribution in [0, 0.1) is 0 Å². The summed E-state index contributed by atoms with van der Waals surface area (Å²) in [6, 6.07) is 12.2. The highest BCUT2D eigenvalue weighted by molar-refractivity contribution is 5.79. The highest BCUT2D eigenvalue weighted by Gasteiger charge is 2.23. The molecule has 1 saturated heterocycles. The number of aromatic nitrogens is 2. The van der Waals surface area contributed by atoms with Gasteiger partial charge in [0, 0.05) is 62.1 Å². The minimum absolute atomic E-state index is 0.125. The lowest BCUT2D eigenvalue weighted by Gasteiger charge is -2.35. The van der Waals surface area contributed by atoms with Gasteiger partial charge in [-0.1, -0.05) is 12.1 Å². The van der Waals surface area contributed by atoms with E-state index in [1.54, 1.807) is 13.3 Å². The maximum absolute atomic E-state index is 13.2. The van der Waals surface area contributed by atoms with E-state index in [4.69, 9.17) is 4.74 Å². The molecule has 0 saturated carbocycles. The zero-order chi connectivity index (χ0) is 20.2. The van der Waals surface area contributed by atoms with E-state index in [2.05, 4.69) is 19.8 Å². The SMILES string of the molecule is COc1cc(CN(Cc2cn(C)c3ccccc3c2=O)C2CCCNC2)ccn1. The molecule has 0 spiro atoms. The lowest BCUT2D eigenvalue weighted by atomic mass is 10.0. The van der Waals surface area contributed by atoms with Crippen LogP contribution < -0.4 is 15.5 Å². The number of para-hydroxylation sites is 1. The van der Waals surface area contributed by atoms with Crippen LogP contribution in [0.1, 0.15) is 24.0 Å². The Hall–Kier alpha value is -2.70. The maximum Gasteiger partial charge on any atom is 0.213 e. The molecule has 0 aliphatic carbocycles. The molecule has 3 aromatic rings. The molecule has 0 bridgehead atoms. The molecule has 6 nitrogen and oxygen atoms in total. The van der Waals surface area contributed by atoms with Gasteiger partial charge in [0.25, 0.3) is 0 Å². The topological polar surface area (TPSA) is 59.4 Å². The van der Waals surface area contributed by atoms with Crippen LogP contribution in [-0.4, -0.2) is 40.7 Å². The molecule has 0 amide bonds. The van der Waals surface area contributed by atoms with Crippen molar-refractivity contribution in [1.82, 2.24) is 19.8 Å². The molecule has 1 unspecified atom stereocenters. The first-order valence-electron chi connectivity index (χ1n) is 10.2. The molecule has 1 aliphatic rings. The number of benzene rings is 1. The molecule has 6 heteroatoms. The molecule has 1 fully saturated rings. The Morgan fingerprint density at radius 2 is 2.14 bits per heavy atom. The van der Waals surface area contributed by atoms with E-state index in [1.165, 1.54) is 0 Å². The van der Waals surface area contributed by atoms with Crippen molar-refractivity contribution in [2.24, 2.45) is 7.05 Å². The normalized spacial score (nSPS) is 17.0. The first kappa shape index (κ1) is 19.6. The number of hydrogen-bond donors (Lipinski definition) is 1. The second-order valence-corrected chi connectivity index (χ2v) is 7.72. The van der Waals surface area contributed by atoms with Crippen molar-refractivity contribution in [1.29, 1.82) is 0 Å². The standard InChI is InChI=1S/C23H28N4O2/c1-26-15-18(23(28)20-7-3-4-8-21(20)26)16-27(19-6-5-10-24-13-19)14-17-9-11-25-22(12-17)29-2/h3-4,7-9,11-12,15,19,24H,5-6,10,13-14,16H2,1-2H3. The summed E-state index contributed by atoms with van der Waals surface area (Å²) < 4.78 is 7.34. The predicted molar refractivity (Wildman–Crippen MR) is 115 cm³/mol. The molecule has 1 N–H and O–H groups in total. The van der Waals surface area contributed by atoms with Crippen LogP contribution in [0.5, 0.6) is 5.88 Å². The summed E-state index contributed by atoms with van der Waals surface area (Å²) >= 11 is 0. The number of hydrogen-bond acceptors (Lipinski definition) is 5. The molecule has 1 aliphatic heterocycles. The van der Waals surface area contributed by atoms with Crippen LogP contribution in [0.15, 0.2) is 53.6 Å². The molecule has 29 heavy (non-hydrogen) atoms. The van der Waals surface area contributed by atoms with Gasteiger partial charge in [0.1, 0.15) is 0 Å². The van der Waals surface area contributed by atoms with E-state index >= 15 is 0 Å². The Morgan fingerprint density at radius 3 is 2.93 bits per heavy atom. The average molecular weight is 393 g/mol. The van der Waals surface area contributed by atoms with Crippen molar-refractivity contribution in [3.63, 3.8) is 0 Å². The molecule has 0 radical (unpaired) electrons. The minimum atomic E-state index is 0.125. The number of piperidine rings is 1. The Labute approximate surface area is 171 Å². The van der Waals surface area contributed by atoms with Gasteiger partial charge < -0.3 is 14.6 Å². The first-order chi connectivity index (χ1) is 14.2. The fourth-order valence-corrected chi connectivity index (χ4v) is 4.19. The third-order valence-corrected chi connectivity index (χ3v) is 5.72. The summed E-state index contributed by atoms with van der Waals surface area (Å²) in [4.78, 5) is 19.8. The molecule has 152 valence electrons. The van der Waals surface area contributed by atoms with Gasteiger partial charge in [-0.3, -0.25) is 9.69 Å². The Kier molecular flexibility index (Phi) is 5.92. The van der Waals surface area contributed by atoms with Crippen LogP contribution in [-0.2, 0) is 20.1 Å². The van der Waals surface area contributed by atoms with Gasteiger partial charge in [-0.25, -0.2) is 4.98 Å². The quantitative estimate of drug-likeness (QED) is 0.699. The molecule has 4 rings (SSSR count). The predicted octanol–water partition coefficient (Wildman–Crippen LogP) is 2.70. The summed E-state index contributed by atoms with van der Waals surface area (Å²) in [5.41, 5.74) is 3.06. The molecule has 1 aromatic carbocycles. The molecule has 2 aromatic heterocycles. The second kappa shape index (κ2) is 8.76. The number of nitrogens with zero attached hydrogens (tertiary/aromatic N) is 3. The number of pyridine rings is 2. The van der Waals surface area contributed by atoms with Crippen LogP contribution in [0.2, 0.25) is 0 Å². The summed E-state index contributed by atoms with van der Waals surface area (Å²) in [6.45, 7) is 3.37. The van der Waals surface area contributed by atoms with Crippen LogP contribution in [0.25, 0.3) is 10.9 Å². The fourth-order valence-electron chi connectivity index (χ4n) is 4.19. The Balaban J connectivity index is 1.67. The highest BCUT2D eigenvalue weighted by atomic mass is 16.5. The Morgan fingerprint density at radius 1 is 1.28 bits per heavy atom. The number of rotatable bonds is 6. The number of aryl methyl sites for hydroxylation is 1. The van der Waals surface area contributed by atoms with E-state index in [0.717, 1.165) is 54.5 Å². The smallest absolute Gasteiger partial charge is 0.213 e. The zero-order valence-corrected chi connectivity index (χ0v) is 17.1. The van der Waals surface area contributed by atoms with Gasteiger partial charge in [0.2, 0.25) is 5.88 Å². The molecular weight excluding hydrogens is 364 g/mol. The van der Waals surface area contributed by atoms with E-state index in [0.29, 0.717) is 18.5 Å². The minimum Gasteiger partial charge on any atom is -0.481 e. The highest BCUT2D eigenvalue weighted by Crippen LogP contribution is 2.20. The van der Waals surface area contributed by atoms with Gasteiger partial charge >= 0.3 is 0 Å². The number of methoxy groups -OCH3 is 1. The van der Waals surface area contributed by atoms with E-state index in [-0.39, 0.29) is 5.43 Å². The van der Waals surface area contributed by atoms with Crippen molar-refractivity contribution >= 4 is 10.9 Å². The van der Waals surface area contributed by atoms with Gasteiger partial charge in [0.15, 0.2) is 5.43 Å². The average Bonchev–Trinajstić information content (AvgIpc) is 2.77. The van der Waals surface area contributed by atoms with E-state index < -0.39 is 0 Å². The summed E-state index contributed by atoms with van der Waals surface area (Å²) in [5.74, 6) is 0.617. The number of ether oxygens (including phenoxy) is 1. The third-order valence-electron chi connectivity index (χ3n) is 5.72. The molecule has 1 atom stereocenters. The van der Waals surface area contributed by atoms with Crippen molar-refractivity contribution in [2.75, 3.05) is 20.2 Å². The summed E-state index contributed by atoms with van der Waals surface area (Å²) in [6.07, 6.45) is 6.04. The lowest BCUT2D eigenvalue weighted by Crippen LogP contribution is -2.45. The largest absolute Gasteiger partial charge is 0.481 e. The van der Waals surface area contributed by atoms with Crippen LogP contribution >= 0.6 is 0 Å². The summed E-state index contributed by atoms with van der Waals surface area (Å²) in [5, 5.41) is 4.28. The zero-order valence-electron chi connectivity index (χ0n) is 17.1. The van der Waals surface area contributed by atoms with Gasteiger partial charge in [-0.05, 0) is 43.1 Å². The first-order valence-corrected chi connectivity index (χ1v) is 10.2. The monoisotopic (exact) mass is 392 g/mol. The van der Waals surface area contributed by atoms with E-state index in [1.807, 2.05) is 49.6 Å². The van der Waals surface area contributed by atoms with Crippen molar-refractivity contribution < 1.29 is 4.74 Å². The lowest BCUT2D eigenvalue weighted by molar-refractivity contribution is 0.149. The van der Waals surface area contributed by atoms with Crippen molar-refractivity contribution in [3.8, 4) is 5.88 Å². The molecule has 3 heterocycles. The van der Waals surface area contributed by atoms with Gasteiger partial charge in [-0.2, -0.15) is 0 Å². The van der Waals surface area contributed by atoms with Crippen molar-refractivity contribution in [2.45, 2.75) is 32.0 Å². The molecular formula is C23H28N4O2. The van der Waals surface area contributed by atoms with E-state index in [9.17, 15) is 4.79 Å².